The van der Waals surface area contributed by atoms with Crippen LogP contribution in [0.4, 0.5) is 10.5 Å². The molecule has 0 aromatic heterocycles. The number of benzene rings is 1. The van der Waals surface area contributed by atoms with E-state index in [1.807, 2.05) is 20.8 Å². The molecule has 1 rings (SSSR count). The first-order chi connectivity index (χ1) is 10.1. The van der Waals surface area contributed by atoms with E-state index in [0.717, 1.165) is 0 Å². The molecule has 0 saturated carbocycles. The summed E-state index contributed by atoms with van der Waals surface area (Å²) in [6, 6.07) is 4.22. The van der Waals surface area contributed by atoms with Crippen LogP contribution in [0.3, 0.4) is 0 Å². The second kappa shape index (κ2) is 8.96. The average molecular weight is 363 g/mol. The number of nitrogens with two attached hydrogens (primary N) is 1. The molecule has 0 spiro atoms. The summed E-state index contributed by atoms with van der Waals surface area (Å²) >= 11 is 6.04. The molecule has 130 valence electrons. The van der Waals surface area contributed by atoms with Gasteiger partial charge >= 0.3 is 6.03 Å². The van der Waals surface area contributed by atoms with Crippen LogP contribution in [0, 0.1) is 0 Å². The Kier molecular flexibility index (Phi) is 8.37. The monoisotopic (exact) mass is 362 g/mol. The van der Waals surface area contributed by atoms with Crippen LogP contribution in [0.15, 0.2) is 18.2 Å². The van der Waals surface area contributed by atoms with E-state index in [9.17, 15) is 9.59 Å². The SMILES string of the molecule is C[C@@H](CN)NC(=O)c1cc(NC(=O)NC(C)(C)C)ccc1Cl.Cl. The molecule has 5 N–H and O–H groups in total. The summed E-state index contributed by atoms with van der Waals surface area (Å²) in [7, 11) is 0. The number of nitrogens with one attached hydrogen (secondary N) is 3. The maximum atomic E-state index is 12.1. The molecule has 0 aliphatic carbocycles. The predicted octanol–water partition coefficient (Wildman–Crippen LogP) is 2.76. The standard InChI is InChI=1S/C15H23ClN4O2.ClH/c1-9(8-17)18-13(21)11-7-10(5-6-12(11)16)19-14(22)20-15(2,3)4;/h5-7,9H,8,17H2,1-4H3,(H,18,21)(H2,19,20,22);1H/t9-;/m0./s1. The largest absolute Gasteiger partial charge is 0.348 e. The van der Waals surface area contributed by atoms with Crippen molar-refractivity contribution in [2.75, 3.05) is 11.9 Å². The van der Waals surface area contributed by atoms with Crippen LogP contribution < -0.4 is 21.7 Å². The summed E-state index contributed by atoms with van der Waals surface area (Å²) in [5.41, 5.74) is 5.89. The molecule has 1 aromatic rings. The molecule has 0 saturated heterocycles. The Hall–Kier alpha value is -1.50. The Bertz CT molecular complexity index is 559. The number of carbonyl (C=O) groups is 2. The number of carbonyl (C=O) groups excluding carboxylic acids is 2. The Balaban J connectivity index is 0.00000484. The van der Waals surface area contributed by atoms with E-state index in [-0.39, 0.29) is 41.5 Å². The Morgan fingerprint density at radius 2 is 1.91 bits per heavy atom. The van der Waals surface area contributed by atoms with E-state index in [2.05, 4.69) is 16.0 Å². The van der Waals surface area contributed by atoms with Crippen molar-refractivity contribution in [2.24, 2.45) is 5.73 Å². The first-order valence-electron chi connectivity index (χ1n) is 7.02. The summed E-state index contributed by atoms with van der Waals surface area (Å²) in [4.78, 5) is 24.0. The molecular formula is C15H24Cl2N4O2. The van der Waals surface area contributed by atoms with Gasteiger partial charge in [0, 0.05) is 23.8 Å². The van der Waals surface area contributed by atoms with Gasteiger partial charge in [-0.3, -0.25) is 4.79 Å². The van der Waals surface area contributed by atoms with E-state index >= 15 is 0 Å². The quantitative estimate of drug-likeness (QED) is 0.662. The zero-order chi connectivity index (χ0) is 16.9. The smallest absolute Gasteiger partial charge is 0.319 e. The summed E-state index contributed by atoms with van der Waals surface area (Å²) < 4.78 is 0. The van der Waals surface area contributed by atoms with E-state index < -0.39 is 0 Å². The molecular weight excluding hydrogens is 339 g/mol. The Morgan fingerprint density at radius 3 is 2.43 bits per heavy atom. The van der Waals surface area contributed by atoms with E-state index in [1.54, 1.807) is 19.1 Å². The Morgan fingerprint density at radius 1 is 1.30 bits per heavy atom. The molecule has 1 atom stereocenters. The molecule has 0 unspecified atom stereocenters. The highest BCUT2D eigenvalue weighted by Crippen LogP contribution is 2.21. The lowest BCUT2D eigenvalue weighted by atomic mass is 10.1. The van der Waals surface area contributed by atoms with Crippen molar-refractivity contribution in [1.29, 1.82) is 0 Å². The third-order valence-electron chi connectivity index (χ3n) is 2.69. The van der Waals surface area contributed by atoms with Crippen molar-refractivity contribution in [1.82, 2.24) is 10.6 Å². The highest BCUT2D eigenvalue weighted by Gasteiger charge is 2.16. The molecule has 6 nitrogen and oxygen atoms in total. The van der Waals surface area contributed by atoms with E-state index in [0.29, 0.717) is 17.3 Å². The minimum absolute atomic E-state index is 0. The topological polar surface area (TPSA) is 96.2 Å². The number of hydrogen-bond donors (Lipinski definition) is 4. The van der Waals surface area contributed by atoms with Gasteiger partial charge in [-0.05, 0) is 45.9 Å². The van der Waals surface area contributed by atoms with Gasteiger partial charge in [0.15, 0.2) is 0 Å². The van der Waals surface area contributed by atoms with Crippen molar-refractivity contribution in [2.45, 2.75) is 39.3 Å². The number of rotatable bonds is 4. The maximum absolute atomic E-state index is 12.1. The summed E-state index contributed by atoms with van der Waals surface area (Å²) in [6.45, 7) is 7.75. The zero-order valence-electron chi connectivity index (χ0n) is 13.7. The fourth-order valence-electron chi connectivity index (χ4n) is 1.64. The van der Waals surface area contributed by atoms with Crippen LogP contribution >= 0.6 is 24.0 Å². The lowest BCUT2D eigenvalue weighted by Crippen LogP contribution is -2.43. The molecule has 3 amide bonds. The fraction of sp³-hybridized carbons (Fsp3) is 0.467. The van der Waals surface area contributed by atoms with Gasteiger partial charge in [-0.15, -0.1) is 12.4 Å². The second-order valence-corrected chi connectivity index (χ2v) is 6.54. The highest BCUT2D eigenvalue weighted by atomic mass is 35.5. The molecule has 0 bridgehead atoms. The molecule has 0 aliphatic rings. The first-order valence-corrected chi connectivity index (χ1v) is 7.40. The van der Waals surface area contributed by atoms with Gasteiger partial charge in [0.05, 0.1) is 10.6 Å². The molecule has 23 heavy (non-hydrogen) atoms. The average Bonchev–Trinajstić information content (AvgIpc) is 2.38. The minimum atomic E-state index is -0.354. The lowest BCUT2D eigenvalue weighted by Gasteiger charge is -2.21. The normalized spacial score (nSPS) is 11.9. The number of halogens is 2. The van der Waals surface area contributed by atoms with Gasteiger partial charge in [0.25, 0.3) is 5.91 Å². The fourth-order valence-corrected chi connectivity index (χ4v) is 1.84. The van der Waals surface area contributed by atoms with Crippen LogP contribution in [0.5, 0.6) is 0 Å². The first kappa shape index (κ1) is 21.5. The van der Waals surface area contributed by atoms with Crippen molar-refractivity contribution < 1.29 is 9.59 Å². The summed E-state index contributed by atoms with van der Waals surface area (Å²) in [6.07, 6.45) is 0. The minimum Gasteiger partial charge on any atom is -0.348 e. The third kappa shape index (κ3) is 7.54. The zero-order valence-corrected chi connectivity index (χ0v) is 15.3. The van der Waals surface area contributed by atoms with Crippen molar-refractivity contribution in [3.8, 4) is 0 Å². The van der Waals surface area contributed by atoms with Gasteiger partial charge < -0.3 is 21.7 Å². The number of amides is 3. The Labute approximate surface area is 147 Å². The summed E-state index contributed by atoms with van der Waals surface area (Å²) in [5.74, 6) is -0.331. The van der Waals surface area contributed by atoms with E-state index in [1.165, 1.54) is 6.07 Å². The maximum Gasteiger partial charge on any atom is 0.319 e. The van der Waals surface area contributed by atoms with Gasteiger partial charge in [-0.2, -0.15) is 0 Å². The highest BCUT2D eigenvalue weighted by molar-refractivity contribution is 6.34. The van der Waals surface area contributed by atoms with Crippen LogP contribution in [0.2, 0.25) is 5.02 Å². The number of hydrogen-bond acceptors (Lipinski definition) is 3. The second-order valence-electron chi connectivity index (χ2n) is 6.13. The van der Waals surface area contributed by atoms with Crippen LogP contribution in [0.1, 0.15) is 38.1 Å². The number of urea groups is 1. The van der Waals surface area contributed by atoms with Gasteiger partial charge in [0.2, 0.25) is 0 Å². The van der Waals surface area contributed by atoms with E-state index in [4.69, 9.17) is 17.3 Å². The van der Waals surface area contributed by atoms with Crippen LogP contribution in [-0.4, -0.2) is 30.1 Å². The predicted molar refractivity (Wildman–Crippen MR) is 96.6 cm³/mol. The van der Waals surface area contributed by atoms with Gasteiger partial charge in [-0.1, -0.05) is 11.6 Å². The van der Waals surface area contributed by atoms with Crippen LogP contribution in [-0.2, 0) is 0 Å². The lowest BCUT2D eigenvalue weighted by molar-refractivity contribution is 0.0941. The van der Waals surface area contributed by atoms with Gasteiger partial charge in [0.1, 0.15) is 0 Å². The number of anilines is 1. The van der Waals surface area contributed by atoms with Crippen LogP contribution in [0.25, 0.3) is 0 Å². The molecule has 1 aromatic carbocycles. The molecule has 0 fully saturated rings. The third-order valence-corrected chi connectivity index (χ3v) is 3.02. The molecule has 0 heterocycles. The van der Waals surface area contributed by atoms with Crippen molar-refractivity contribution in [3.05, 3.63) is 28.8 Å². The molecule has 0 radical (unpaired) electrons. The van der Waals surface area contributed by atoms with Gasteiger partial charge in [-0.25, -0.2) is 4.79 Å². The molecule has 0 aliphatic heterocycles. The van der Waals surface area contributed by atoms with Crippen molar-refractivity contribution >= 4 is 41.6 Å². The molecule has 8 heteroatoms. The van der Waals surface area contributed by atoms with Crippen molar-refractivity contribution in [3.63, 3.8) is 0 Å². The summed E-state index contributed by atoms with van der Waals surface area (Å²) in [5, 5.41) is 8.48.